The summed E-state index contributed by atoms with van der Waals surface area (Å²) < 4.78 is 21.7. The number of para-hydroxylation sites is 1. The Kier molecular flexibility index (Phi) is 6.24. The Morgan fingerprint density at radius 3 is 2.58 bits per heavy atom. The summed E-state index contributed by atoms with van der Waals surface area (Å²) in [6.07, 6.45) is 1.61. The SMILES string of the molecule is Cc1ccc(C)c2[nH]c(=O)c([C@H](c3nnnn3Cc3ccco3)N3CCN(c4ccccc4F)CC3)cc12. The van der Waals surface area contributed by atoms with Crippen molar-refractivity contribution < 1.29 is 8.81 Å². The average molecular weight is 514 g/mol. The molecule has 194 valence electrons. The highest BCUT2D eigenvalue weighted by Gasteiger charge is 2.33. The Labute approximate surface area is 218 Å². The van der Waals surface area contributed by atoms with Crippen LogP contribution in [0.3, 0.4) is 0 Å². The second kappa shape index (κ2) is 9.86. The summed E-state index contributed by atoms with van der Waals surface area (Å²) in [5.74, 6) is 1.02. The molecule has 1 N–H and O–H groups in total. The van der Waals surface area contributed by atoms with Crippen LogP contribution in [0.15, 0.2) is 70.1 Å². The molecule has 10 heteroatoms. The predicted molar refractivity (Wildman–Crippen MR) is 142 cm³/mol. The van der Waals surface area contributed by atoms with Crippen molar-refractivity contribution >= 4 is 16.6 Å². The van der Waals surface area contributed by atoms with Crippen LogP contribution >= 0.6 is 0 Å². The minimum Gasteiger partial charge on any atom is -0.467 e. The lowest BCUT2D eigenvalue weighted by Crippen LogP contribution is -2.49. The Hall–Kier alpha value is -4.31. The van der Waals surface area contributed by atoms with E-state index in [1.54, 1.807) is 23.1 Å². The number of hydrogen-bond donors (Lipinski definition) is 1. The highest BCUT2D eigenvalue weighted by atomic mass is 19.1. The van der Waals surface area contributed by atoms with E-state index < -0.39 is 6.04 Å². The number of aryl methyl sites for hydroxylation is 2. The Bertz CT molecular complexity index is 1640. The third kappa shape index (κ3) is 4.37. The fourth-order valence-corrected chi connectivity index (χ4v) is 5.29. The summed E-state index contributed by atoms with van der Waals surface area (Å²) in [5.41, 5.74) is 3.88. The maximum atomic E-state index is 14.5. The molecular weight excluding hydrogens is 485 g/mol. The molecule has 1 saturated heterocycles. The van der Waals surface area contributed by atoms with E-state index in [9.17, 15) is 9.18 Å². The second-order valence-corrected chi connectivity index (χ2v) is 9.69. The molecule has 6 rings (SSSR count). The number of H-pyrrole nitrogens is 1. The number of nitrogens with one attached hydrogen (secondary N) is 1. The second-order valence-electron chi connectivity index (χ2n) is 9.69. The molecule has 1 aliphatic rings. The third-order valence-electron chi connectivity index (χ3n) is 7.33. The van der Waals surface area contributed by atoms with Gasteiger partial charge in [-0.2, -0.15) is 0 Å². The first kappa shape index (κ1) is 24.1. The summed E-state index contributed by atoms with van der Waals surface area (Å²) in [5, 5.41) is 13.6. The zero-order valence-corrected chi connectivity index (χ0v) is 21.3. The molecule has 5 aromatic rings. The summed E-state index contributed by atoms with van der Waals surface area (Å²) in [7, 11) is 0. The van der Waals surface area contributed by atoms with Gasteiger partial charge in [0.05, 0.1) is 17.5 Å². The van der Waals surface area contributed by atoms with E-state index in [2.05, 4.69) is 31.5 Å². The van der Waals surface area contributed by atoms with Crippen molar-refractivity contribution in [1.29, 1.82) is 0 Å². The highest BCUT2D eigenvalue weighted by molar-refractivity contribution is 5.85. The molecule has 3 aromatic heterocycles. The summed E-state index contributed by atoms with van der Waals surface area (Å²) >= 11 is 0. The van der Waals surface area contributed by atoms with Gasteiger partial charge in [-0.1, -0.05) is 24.3 Å². The van der Waals surface area contributed by atoms with Gasteiger partial charge in [-0.3, -0.25) is 9.69 Å². The number of tetrazole rings is 1. The van der Waals surface area contributed by atoms with Crippen molar-refractivity contribution in [2.45, 2.75) is 26.4 Å². The number of furan rings is 1. The molecule has 0 amide bonds. The van der Waals surface area contributed by atoms with E-state index in [1.807, 2.05) is 49.1 Å². The third-order valence-corrected chi connectivity index (χ3v) is 7.33. The minimum absolute atomic E-state index is 0.180. The van der Waals surface area contributed by atoms with Gasteiger partial charge in [-0.05, 0) is 65.7 Å². The lowest BCUT2D eigenvalue weighted by atomic mass is 9.99. The van der Waals surface area contributed by atoms with Gasteiger partial charge in [-0.15, -0.1) is 5.10 Å². The molecule has 0 spiro atoms. The molecule has 1 fully saturated rings. The first-order chi connectivity index (χ1) is 18.5. The number of hydrogen-bond acceptors (Lipinski definition) is 7. The molecule has 0 unspecified atom stereocenters. The minimum atomic E-state index is -0.504. The lowest BCUT2D eigenvalue weighted by Gasteiger charge is -2.39. The monoisotopic (exact) mass is 513 g/mol. The number of nitrogens with zero attached hydrogens (tertiary/aromatic N) is 6. The maximum Gasteiger partial charge on any atom is 0.253 e. The van der Waals surface area contributed by atoms with Crippen LogP contribution in [0, 0.1) is 19.7 Å². The van der Waals surface area contributed by atoms with E-state index in [0.29, 0.717) is 55.6 Å². The van der Waals surface area contributed by atoms with Gasteiger partial charge in [-0.25, -0.2) is 9.07 Å². The van der Waals surface area contributed by atoms with Gasteiger partial charge in [0.25, 0.3) is 5.56 Å². The van der Waals surface area contributed by atoms with Gasteiger partial charge >= 0.3 is 0 Å². The molecule has 2 aromatic carbocycles. The van der Waals surface area contributed by atoms with Crippen LogP contribution in [0.5, 0.6) is 0 Å². The normalized spacial score (nSPS) is 15.3. The molecule has 4 heterocycles. The van der Waals surface area contributed by atoms with Gasteiger partial charge in [0.2, 0.25) is 0 Å². The molecule has 1 aliphatic heterocycles. The molecule has 0 radical (unpaired) electrons. The quantitative estimate of drug-likeness (QED) is 0.369. The van der Waals surface area contributed by atoms with Crippen molar-refractivity contribution in [1.82, 2.24) is 30.1 Å². The standard InChI is InChI=1S/C28H28FN7O2/c1-18-9-10-19(2)25-21(18)16-22(28(37)30-25)26(27-31-32-33-36(27)17-20-6-5-15-38-20)35-13-11-34(12-14-35)24-8-4-3-7-23(24)29/h3-10,15-16,26H,11-14,17H2,1-2H3,(H,30,37)/t26-/m1/s1. The average Bonchev–Trinajstić information content (AvgIpc) is 3.61. The summed E-state index contributed by atoms with van der Waals surface area (Å²) in [6.45, 7) is 6.74. The molecule has 0 saturated carbocycles. The number of piperazine rings is 1. The zero-order valence-electron chi connectivity index (χ0n) is 21.3. The lowest BCUT2D eigenvalue weighted by molar-refractivity contribution is 0.199. The zero-order chi connectivity index (χ0) is 26.2. The topological polar surface area (TPSA) is 96.1 Å². The van der Waals surface area contributed by atoms with Crippen molar-refractivity contribution in [2.24, 2.45) is 0 Å². The van der Waals surface area contributed by atoms with Crippen LogP contribution in [0.25, 0.3) is 10.9 Å². The van der Waals surface area contributed by atoms with Crippen LogP contribution in [-0.4, -0.2) is 56.3 Å². The number of aromatic amines is 1. The van der Waals surface area contributed by atoms with E-state index >= 15 is 0 Å². The van der Waals surface area contributed by atoms with E-state index in [1.165, 1.54) is 6.07 Å². The Morgan fingerprint density at radius 2 is 1.82 bits per heavy atom. The van der Waals surface area contributed by atoms with E-state index in [4.69, 9.17) is 4.42 Å². The van der Waals surface area contributed by atoms with Crippen molar-refractivity contribution in [3.8, 4) is 0 Å². The molecular formula is C28H28FN7O2. The largest absolute Gasteiger partial charge is 0.467 e. The number of benzene rings is 2. The van der Waals surface area contributed by atoms with E-state index in [0.717, 1.165) is 22.0 Å². The predicted octanol–water partition coefficient (Wildman–Crippen LogP) is 3.82. The fourth-order valence-electron chi connectivity index (χ4n) is 5.29. The number of aromatic nitrogens is 5. The Morgan fingerprint density at radius 1 is 1.03 bits per heavy atom. The Balaban J connectivity index is 1.42. The summed E-state index contributed by atoms with van der Waals surface area (Å²) in [6, 6.07) is 16.0. The number of anilines is 1. The number of pyridine rings is 1. The summed E-state index contributed by atoms with van der Waals surface area (Å²) in [4.78, 5) is 20.9. The number of rotatable bonds is 6. The van der Waals surface area contributed by atoms with Gasteiger partial charge in [0.15, 0.2) is 5.82 Å². The van der Waals surface area contributed by atoms with Crippen molar-refractivity contribution in [3.63, 3.8) is 0 Å². The number of fused-ring (bicyclic) bond motifs is 1. The molecule has 9 nitrogen and oxygen atoms in total. The fraction of sp³-hybridized carbons (Fsp3) is 0.286. The van der Waals surface area contributed by atoms with Crippen LogP contribution < -0.4 is 10.5 Å². The van der Waals surface area contributed by atoms with Crippen molar-refractivity contribution in [2.75, 3.05) is 31.1 Å². The van der Waals surface area contributed by atoms with Gasteiger partial charge in [0, 0.05) is 37.1 Å². The smallest absolute Gasteiger partial charge is 0.253 e. The highest BCUT2D eigenvalue weighted by Crippen LogP contribution is 2.31. The van der Waals surface area contributed by atoms with Gasteiger partial charge < -0.3 is 14.3 Å². The van der Waals surface area contributed by atoms with Crippen molar-refractivity contribution in [3.05, 3.63) is 105 Å². The van der Waals surface area contributed by atoms with Crippen LogP contribution in [0.1, 0.15) is 34.3 Å². The first-order valence-corrected chi connectivity index (χ1v) is 12.6. The van der Waals surface area contributed by atoms with Crippen LogP contribution in [0.2, 0.25) is 0 Å². The molecule has 38 heavy (non-hydrogen) atoms. The van der Waals surface area contributed by atoms with Gasteiger partial charge in [0.1, 0.15) is 24.2 Å². The molecule has 1 atom stereocenters. The van der Waals surface area contributed by atoms with E-state index in [-0.39, 0.29) is 11.4 Å². The van der Waals surface area contributed by atoms with Crippen LogP contribution in [0.4, 0.5) is 10.1 Å². The molecule has 0 aliphatic carbocycles. The molecule has 0 bridgehead atoms. The number of halogens is 1. The maximum absolute atomic E-state index is 14.5. The first-order valence-electron chi connectivity index (χ1n) is 12.6. The van der Waals surface area contributed by atoms with Crippen LogP contribution in [-0.2, 0) is 6.54 Å².